The Morgan fingerprint density at radius 1 is 1.25 bits per heavy atom. The van der Waals surface area contributed by atoms with Gasteiger partial charge in [-0.3, -0.25) is 0 Å². The van der Waals surface area contributed by atoms with Crippen molar-refractivity contribution in [3.05, 3.63) is 77.8 Å². The maximum Gasteiger partial charge on any atom is 0.333 e. The first kappa shape index (κ1) is 16.3. The van der Waals surface area contributed by atoms with Crippen LogP contribution in [0.1, 0.15) is 17.0 Å². The van der Waals surface area contributed by atoms with E-state index in [1.54, 1.807) is 30.3 Å². The average Bonchev–Trinajstić information content (AvgIpc) is 3.09. The number of carboxylic acids is 1. The Morgan fingerprint density at radius 2 is 1.96 bits per heavy atom. The topological polar surface area (TPSA) is 63.3 Å². The summed E-state index contributed by atoms with van der Waals surface area (Å²) in [6.45, 7) is 1.85. The van der Waals surface area contributed by atoms with Crippen molar-refractivity contribution in [2.75, 3.05) is 0 Å². The summed E-state index contributed by atoms with van der Waals surface area (Å²) in [4.78, 5) is 15.7. The summed E-state index contributed by atoms with van der Waals surface area (Å²) in [6.07, 6.45) is 2.69. The van der Waals surface area contributed by atoms with E-state index in [0.29, 0.717) is 5.56 Å². The maximum absolute atomic E-state index is 13.1. The number of rotatable bonds is 4. The minimum Gasteiger partial charge on any atom is -0.480 e. The van der Waals surface area contributed by atoms with Gasteiger partial charge in [-0.05, 0) is 41.3 Å². The molecule has 1 unspecified atom stereocenters. The highest BCUT2D eigenvalue weighted by Gasteiger charge is 2.43. The average molecular weight is 343 g/mol. The number of thiol groups is 1. The Morgan fingerprint density at radius 3 is 2.50 bits per heavy atom. The highest BCUT2D eigenvalue weighted by molar-refractivity contribution is 7.82. The van der Waals surface area contributed by atoms with Gasteiger partial charge in [0.25, 0.3) is 0 Å². The summed E-state index contributed by atoms with van der Waals surface area (Å²) in [5.74, 6) is -1.49. The number of hydrogen-bond donors (Lipinski definition) is 2. The van der Waals surface area contributed by atoms with E-state index < -0.39 is 10.7 Å². The van der Waals surface area contributed by atoms with Crippen molar-refractivity contribution in [1.29, 1.82) is 0 Å². The number of oxazole rings is 1. The molecule has 0 aliphatic carbocycles. The van der Waals surface area contributed by atoms with E-state index in [4.69, 9.17) is 4.42 Å². The lowest BCUT2D eigenvalue weighted by Crippen LogP contribution is -2.31. The third-order valence-electron chi connectivity index (χ3n) is 3.85. The Bertz CT molecular complexity index is 878. The smallest absolute Gasteiger partial charge is 0.333 e. The Balaban J connectivity index is 2.08. The van der Waals surface area contributed by atoms with Crippen molar-refractivity contribution in [2.45, 2.75) is 11.7 Å². The lowest BCUT2D eigenvalue weighted by Gasteiger charge is -2.22. The zero-order valence-electron chi connectivity index (χ0n) is 12.7. The fourth-order valence-corrected chi connectivity index (χ4v) is 2.83. The van der Waals surface area contributed by atoms with Crippen molar-refractivity contribution in [1.82, 2.24) is 4.98 Å². The second-order valence-electron chi connectivity index (χ2n) is 5.39. The van der Waals surface area contributed by atoms with E-state index in [0.717, 1.165) is 16.7 Å². The zero-order valence-corrected chi connectivity index (χ0v) is 13.6. The van der Waals surface area contributed by atoms with Gasteiger partial charge in [0, 0.05) is 0 Å². The van der Waals surface area contributed by atoms with Gasteiger partial charge >= 0.3 is 5.97 Å². The van der Waals surface area contributed by atoms with Crippen molar-refractivity contribution in [3.8, 4) is 11.1 Å². The van der Waals surface area contributed by atoms with Crippen LogP contribution in [0.2, 0.25) is 0 Å². The fraction of sp³-hybridized carbons (Fsp3) is 0.111. The summed E-state index contributed by atoms with van der Waals surface area (Å²) >= 11 is 4.34. The van der Waals surface area contributed by atoms with Crippen LogP contribution in [0.25, 0.3) is 11.1 Å². The molecule has 0 aliphatic heterocycles. The van der Waals surface area contributed by atoms with Crippen LogP contribution in [0.15, 0.2) is 59.3 Å². The molecular formula is C18H14FNO3S. The van der Waals surface area contributed by atoms with Crippen LogP contribution >= 0.6 is 12.6 Å². The fourth-order valence-electron chi connectivity index (χ4n) is 2.58. The molecule has 0 spiro atoms. The van der Waals surface area contributed by atoms with Crippen molar-refractivity contribution in [2.24, 2.45) is 0 Å². The molecule has 0 saturated heterocycles. The first-order valence-corrected chi connectivity index (χ1v) is 7.60. The zero-order chi connectivity index (χ0) is 17.3. The number of nitrogens with zero attached hydrogens (tertiary/aromatic N) is 1. The van der Waals surface area contributed by atoms with E-state index in [-0.39, 0.29) is 11.7 Å². The molecule has 2 aromatic carbocycles. The largest absolute Gasteiger partial charge is 0.480 e. The van der Waals surface area contributed by atoms with Crippen molar-refractivity contribution in [3.63, 3.8) is 0 Å². The molecule has 1 heterocycles. The third kappa shape index (κ3) is 2.69. The lowest BCUT2D eigenvalue weighted by atomic mass is 9.92. The number of carboxylic acid groups (broad SMARTS) is 1. The Kier molecular flexibility index (Phi) is 4.15. The number of aliphatic carboxylic acids is 1. The highest BCUT2D eigenvalue weighted by Crippen LogP contribution is 2.37. The molecule has 0 radical (unpaired) electrons. The standard InChI is InChI=1S/C18H14FNO3S/c1-11-10-13(18(24,17(21)22)16-20-8-9-23-16)4-7-15(11)12-2-5-14(19)6-3-12/h2-10,24H,1H3,(H,21,22). The number of aromatic nitrogens is 1. The first-order valence-electron chi connectivity index (χ1n) is 7.15. The van der Waals surface area contributed by atoms with Crippen LogP contribution in [0, 0.1) is 12.7 Å². The summed E-state index contributed by atoms with van der Waals surface area (Å²) < 4.78 is 16.6. The van der Waals surface area contributed by atoms with Gasteiger partial charge in [0.15, 0.2) is 0 Å². The van der Waals surface area contributed by atoms with Crippen LogP contribution in [0.5, 0.6) is 0 Å². The van der Waals surface area contributed by atoms with E-state index >= 15 is 0 Å². The minimum absolute atomic E-state index is 0.00716. The molecule has 0 bridgehead atoms. The maximum atomic E-state index is 13.1. The molecule has 1 N–H and O–H groups in total. The third-order valence-corrected chi connectivity index (χ3v) is 4.49. The normalized spacial score (nSPS) is 13.5. The van der Waals surface area contributed by atoms with Gasteiger partial charge in [0.1, 0.15) is 12.1 Å². The summed E-state index contributed by atoms with van der Waals surface area (Å²) in [6, 6.07) is 11.3. The molecule has 6 heteroatoms. The molecular weight excluding hydrogens is 329 g/mol. The van der Waals surface area contributed by atoms with E-state index in [9.17, 15) is 14.3 Å². The van der Waals surface area contributed by atoms with Crippen LogP contribution in [0.3, 0.4) is 0 Å². The summed E-state index contributed by atoms with van der Waals surface area (Å²) in [5, 5.41) is 9.65. The van der Waals surface area contributed by atoms with Crippen LogP contribution in [0.4, 0.5) is 4.39 Å². The monoisotopic (exact) mass is 343 g/mol. The van der Waals surface area contributed by atoms with Gasteiger partial charge in [-0.1, -0.05) is 30.3 Å². The second-order valence-corrected chi connectivity index (χ2v) is 6.06. The van der Waals surface area contributed by atoms with E-state index in [2.05, 4.69) is 17.6 Å². The predicted molar refractivity (Wildman–Crippen MR) is 90.5 cm³/mol. The quantitative estimate of drug-likeness (QED) is 0.702. The number of aryl methyl sites for hydroxylation is 1. The molecule has 0 amide bonds. The molecule has 4 nitrogen and oxygen atoms in total. The number of hydrogen-bond acceptors (Lipinski definition) is 4. The SMILES string of the molecule is Cc1cc(C(S)(C(=O)O)c2ncco2)ccc1-c1ccc(F)cc1. The van der Waals surface area contributed by atoms with Gasteiger partial charge in [-0.15, -0.1) is 12.6 Å². The molecule has 3 rings (SSSR count). The molecule has 0 saturated carbocycles. The van der Waals surface area contributed by atoms with Gasteiger partial charge in [0.05, 0.1) is 6.20 Å². The number of halogens is 1. The molecule has 1 aromatic heterocycles. The predicted octanol–water partition coefficient (Wildman–Crippen LogP) is 4.05. The second kappa shape index (κ2) is 6.13. The molecule has 0 aliphatic rings. The molecule has 24 heavy (non-hydrogen) atoms. The van der Waals surface area contributed by atoms with Gasteiger partial charge in [-0.25, -0.2) is 14.2 Å². The highest BCUT2D eigenvalue weighted by atomic mass is 32.1. The Labute approximate surface area is 143 Å². The summed E-state index contributed by atoms with van der Waals surface area (Å²) in [7, 11) is 0. The lowest BCUT2D eigenvalue weighted by molar-refractivity contribution is -0.139. The van der Waals surface area contributed by atoms with E-state index in [1.807, 2.05) is 6.92 Å². The molecule has 3 aromatic rings. The van der Waals surface area contributed by atoms with Crippen molar-refractivity contribution < 1.29 is 18.7 Å². The van der Waals surface area contributed by atoms with Crippen LogP contribution < -0.4 is 0 Å². The first-order chi connectivity index (χ1) is 11.4. The Hall–Kier alpha value is -2.60. The molecule has 122 valence electrons. The minimum atomic E-state index is -1.68. The summed E-state index contributed by atoms with van der Waals surface area (Å²) in [5.41, 5.74) is 3.00. The van der Waals surface area contributed by atoms with Crippen molar-refractivity contribution >= 4 is 18.6 Å². The van der Waals surface area contributed by atoms with Gasteiger partial charge in [0.2, 0.25) is 10.6 Å². The van der Waals surface area contributed by atoms with Crippen LogP contribution in [-0.4, -0.2) is 16.1 Å². The van der Waals surface area contributed by atoms with Gasteiger partial charge < -0.3 is 9.52 Å². The number of benzene rings is 2. The molecule has 1 atom stereocenters. The van der Waals surface area contributed by atoms with Crippen LogP contribution in [-0.2, 0) is 9.54 Å². The van der Waals surface area contributed by atoms with E-state index in [1.165, 1.54) is 24.6 Å². The molecule has 0 fully saturated rings. The van der Waals surface area contributed by atoms with Gasteiger partial charge in [-0.2, -0.15) is 0 Å². The number of carbonyl (C=O) groups is 1.